The van der Waals surface area contributed by atoms with Crippen molar-refractivity contribution in [3.8, 4) is 0 Å². The van der Waals surface area contributed by atoms with Crippen molar-refractivity contribution < 1.29 is 5.11 Å². The molecular weight excluding hydrogens is 407 g/mol. The maximum Gasteiger partial charge on any atom is 0.0839 e. The van der Waals surface area contributed by atoms with Crippen molar-refractivity contribution >= 4 is 44.2 Å². The largest absolute Gasteiger partial charge is 0.390 e. The third-order valence-electron chi connectivity index (χ3n) is 2.82. The van der Waals surface area contributed by atoms with Gasteiger partial charge in [0, 0.05) is 26.8 Å². The molecule has 1 aromatic carbocycles. The summed E-state index contributed by atoms with van der Waals surface area (Å²) in [6.45, 7) is 7.44. The van der Waals surface area contributed by atoms with Gasteiger partial charge in [-0.3, -0.25) is 0 Å². The van der Waals surface area contributed by atoms with Crippen LogP contribution < -0.4 is 5.32 Å². The topological polar surface area (TPSA) is 35.5 Å². The average Bonchev–Trinajstić information content (AvgIpc) is 2.35. The van der Waals surface area contributed by atoms with Crippen molar-refractivity contribution in [1.29, 1.82) is 0 Å². The fourth-order valence-corrected chi connectivity index (χ4v) is 3.14. The van der Waals surface area contributed by atoms with Crippen LogP contribution in [0, 0.1) is 3.57 Å². The fourth-order valence-electron chi connectivity index (χ4n) is 1.71. The fraction of sp³-hybridized carbons (Fsp3) is 0.538. The van der Waals surface area contributed by atoms with Crippen molar-refractivity contribution in [1.82, 2.24) is 4.90 Å². The molecule has 0 saturated heterocycles. The van der Waals surface area contributed by atoms with Gasteiger partial charge in [0.2, 0.25) is 0 Å². The van der Waals surface area contributed by atoms with E-state index in [1.54, 1.807) is 0 Å². The number of hydrogen-bond donors (Lipinski definition) is 2. The Balaban J connectivity index is 2.44. The van der Waals surface area contributed by atoms with E-state index in [9.17, 15) is 5.11 Å². The summed E-state index contributed by atoms with van der Waals surface area (Å²) >= 11 is 5.79. The minimum absolute atomic E-state index is 0.351. The molecule has 0 heterocycles. The average molecular weight is 427 g/mol. The van der Waals surface area contributed by atoms with Gasteiger partial charge in [0.1, 0.15) is 0 Å². The van der Waals surface area contributed by atoms with E-state index in [0.29, 0.717) is 13.1 Å². The molecule has 18 heavy (non-hydrogen) atoms. The highest BCUT2D eigenvalue weighted by atomic mass is 127. The summed E-state index contributed by atoms with van der Waals surface area (Å²) in [4.78, 5) is 2.22. The lowest BCUT2D eigenvalue weighted by molar-refractivity contribution is 0.128. The molecule has 0 aliphatic heterocycles. The summed E-state index contributed by atoms with van der Waals surface area (Å²) in [5.41, 5.74) is 1.02. The van der Waals surface area contributed by atoms with Crippen LogP contribution >= 0.6 is 38.5 Å². The van der Waals surface area contributed by atoms with E-state index in [2.05, 4.69) is 68.7 Å². The third-order valence-corrected chi connectivity index (χ3v) is 4.15. The lowest BCUT2D eigenvalue weighted by Crippen LogP contribution is -2.35. The van der Waals surface area contributed by atoms with E-state index in [1.165, 1.54) is 3.57 Å². The SMILES string of the molecule is CCN(CC)CC(O)CNc1ccc(I)cc1Br. The highest BCUT2D eigenvalue weighted by Gasteiger charge is 2.09. The van der Waals surface area contributed by atoms with Gasteiger partial charge in [-0.2, -0.15) is 0 Å². The zero-order valence-electron chi connectivity index (χ0n) is 10.8. The van der Waals surface area contributed by atoms with Crippen molar-refractivity contribution in [3.63, 3.8) is 0 Å². The Hall–Kier alpha value is 0.150. The van der Waals surface area contributed by atoms with Crippen LogP contribution in [-0.4, -0.2) is 42.3 Å². The first-order valence-corrected chi connectivity index (χ1v) is 8.03. The molecule has 102 valence electrons. The van der Waals surface area contributed by atoms with Crippen LogP contribution in [0.2, 0.25) is 0 Å². The number of nitrogens with zero attached hydrogens (tertiary/aromatic N) is 1. The monoisotopic (exact) mass is 426 g/mol. The van der Waals surface area contributed by atoms with Crippen LogP contribution in [-0.2, 0) is 0 Å². The molecule has 0 radical (unpaired) electrons. The standard InChI is InChI=1S/C13H20BrIN2O/c1-3-17(4-2)9-11(18)8-16-13-6-5-10(15)7-12(13)14/h5-7,11,16,18H,3-4,8-9H2,1-2H3. The van der Waals surface area contributed by atoms with E-state index in [1.807, 2.05) is 12.1 Å². The van der Waals surface area contributed by atoms with Gasteiger partial charge in [-0.25, -0.2) is 0 Å². The molecule has 2 N–H and O–H groups in total. The summed E-state index contributed by atoms with van der Waals surface area (Å²) in [6, 6.07) is 6.13. The number of rotatable bonds is 7. The molecule has 1 aromatic rings. The predicted octanol–water partition coefficient (Wildman–Crippen LogP) is 3.17. The molecule has 0 saturated carbocycles. The Morgan fingerprint density at radius 2 is 2.06 bits per heavy atom. The lowest BCUT2D eigenvalue weighted by Gasteiger charge is -2.22. The zero-order chi connectivity index (χ0) is 13.5. The van der Waals surface area contributed by atoms with E-state index in [-0.39, 0.29) is 6.10 Å². The molecule has 3 nitrogen and oxygen atoms in total. The second kappa shape index (κ2) is 8.35. The molecule has 1 rings (SSSR count). The van der Waals surface area contributed by atoms with Crippen molar-refractivity contribution in [3.05, 3.63) is 26.2 Å². The van der Waals surface area contributed by atoms with Crippen molar-refractivity contribution in [2.24, 2.45) is 0 Å². The number of benzene rings is 1. The molecule has 0 amide bonds. The Morgan fingerprint density at radius 1 is 1.39 bits per heavy atom. The molecule has 0 aliphatic rings. The number of halogens is 2. The smallest absolute Gasteiger partial charge is 0.0839 e. The minimum atomic E-state index is -0.351. The summed E-state index contributed by atoms with van der Waals surface area (Å²) in [7, 11) is 0. The first kappa shape index (κ1) is 16.2. The third kappa shape index (κ3) is 5.42. The van der Waals surface area contributed by atoms with Gasteiger partial charge < -0.3 is 15.3 Å². The highest BCUT2D eigenvalue weighted by molar-refractivity contribution is 14.1. The second-order valence-electron chi connectivity index (χ2n) is 4.14. The maximum atomic E-state index is 9.97. The van der Waals surface area contributed by atoms with Crippen molar-refractivity contribution in [2.75, 3.05) is 31.5 Å². The van der Waals surface area contributed by atoms with Crippen molar-refractivity contribution in [2.45, 2.75) is 20.0 Å². The van der Waals surface area contributed by atoms with Crippen LogP contribution in [0.1, 0.15) is 13.8 Å². The second-order valence-corrected chi connectivity index (χ2v) is 6.24. The minimum Gasteiger partial charge on any atom is -0.390 e. The number of likely N-dealkylation sites (N-methyl/N-ethyl adjacent to an activating group) is 1. The molecular formula is C13H20BrIN2O. The molecule has 0 fully saturated rings. The molecule has 5 heteroatoms. The van der Waals surface area contributed by atoms with Crippen LogP contribution in [0.3, 0.4) is 0 Å². The normalized spacial score (nSPS) is 12.8. The van der Waals surface area contributed by atoms with Gasteiger partial charge in [-0.05, 0) is 69.8 Å². The molecule has 0 aromatic heterocycles. The quantitative estimate of drug-likeness (QED) is 0.657. The van der Waals surface area contributed by atoms with Gasteiger partial charge in [-0.1, -0.05) is 13.8 Å². The Morgan fingerprint density at radius 3 is 2.61 bits per heavy atom. The zero-order valence-corrected chi connectivity index (χ0v) is 14.5. The maximum absolute atomic E-state index is 9.97. The number of anilines is 1. The summed E-state index contributed by atoms with van der Waals surface area (Å²) in [5, 5.41) is 13.2. The number of aliphatic hydroxyl groups is 1. The van der Waals surface area contributed by atoms with E-state index < -0.39 is 0 Å². The van der Waals surface area contributed by atoms with Crippen LogP contribution in [0.15, 0.2) is 22.7 Å². The molecule has 1 atom stereocenters. The molecule has 0 spiro atoms. The van der Waals surface area contributed by atoms with Crippen LogP contribution in [0.25, 0.3) is 0 Å². The summed E-state index contributed by atoms with van der Waals surface area (Å²) in [5.74, 6) is 0. The lowest BCUT2D eigenvalue weighted by atomic mass is 10.2. The highest BCUT2D eigenvalue weighted by Crippen LogP contribution is 2.24. The van der Waals surface area contributed by atoms with Crippen LogP contribution in [0.5, 0.6) is 0 Å². The van der Waals surface area contributed by atoms with E-state index in [4.69, 9.17) is 0 Å². The van der Waals surface area contributed by atoms with Gasteiger partial charge in [0.05, 0.1) is 6.10 Å². The predicted molar refractivity (Wildman–Crippen MR) is 89.1 cm³/mol. The Kier molecular flexibility index (Phi) is 7.51. The molecule has 1 unspecified atom stereocenters. The molecule has 0 aliphatic carbocycles. The first-order chi connectivity index (χ1) is 8.56. The number of nitrogens with one attached hydrogen (secondary N) is 1. The Bertz CT molecular complexity index is 372. The van der Waals surface area contributed by atoms with Crippen LogP contribution in [0.4, 0.5) is 5.69 Å². The summed E-state index contributed by atoms with van der Waals surface area (Å²) < 4.78 is 2.22. The van der Waals surface area contributed by atoms with E-state index in [0.717, 1.165) is 23.2 Å². The summed E-state index contributed by atoms with van der Waals surface area (Å²) in [6.07, 6.45) is -0.351. The Labute approximate surface area is 131 Å². The van der Waals surface area contributed by atoms with Gasteiger partial charge in [-0.15, -0.1) is 0 Å². The van der Waals surface area contributed by atoms with E-state index >= 15 is 0 Å². The van der Waals surface area contributed by atoms with Gasteiger partial charge >= 0.3 is 0 Å². The van der Waals surface area contributed by atoms with Gasteiger partial charge in [0.15, 0.2) is 0 Å². The van der Waals surface area contributed by atoms with Gasteiger partial charge in [0.25, 0.3) is 0 Å². The molecule has 0 bridgehead atoms. The number of aliphatic hydroxyl groups excluding tert-OH is 1. The number of hydrogen-bond acceptors (Lipinski definition) is 3. The first-order valence-electron chi connectivity index (χ1n) is 6.16.